The van der Waals surface area contributed by atoms with Crippen molar-refractivity contribution >= 4 is 31.9 Å². The van der Waals surface area contributed by atoms with Gasteiger partial charge in [-0.05, 0) is 12.1 Å². The molecule has 0 saturated carbocycles. The number of thiophene rings is 1. The second-order valence-corrected chi connectivity index (χ2v) is 5.64. The van der Waals surface area contributed by atoms with E-state index in [1.54, 1.807) is 19.5 Å². The highest BCUT2D eigenvalue weighted by Gasteiger charge is 2.14. The number of rotatable bonds is 2. The van der Waals surface area contributed by atoms with Crippen LogP contribution in [0.5, 0.6) is 5.75 Å². The third kappa shape index (κ3) is 1.94. The summed E-state index contributed by atoms with van der Waals surface area (Å²) in [6.45, 7) is 0. The number of fused-ring (bicyclic) bond motifs is 3. The fraction of sp³-hybridized carbons (Fsp3) is 0.0667. The van der Waals surface area contributed by atoms with E-state index < -0.39 is 0 Å². The summed E-state index contributed by atoms with van der Waals surface area (Å²) in [5.74, 6) is 1.19. The molecule has 1 N–H and O–H groups in total. The maximum atomic E-state index is 12.3. The van der Waals surface area contributed by atoms with Crippen LogP contribution >= 0.6 is 11.3 Å². The average Bonchev–Trinajstić information content (AvgIpc) is 2.94. The molecular weight excluding hydrogens is 300 g/mol. The summed E-state index contributed by atoms with van der Waals surface area (Å²) in [6.07, 6.45) is 3.21. The Hall–Kier alpha value is -2.80. The van der Waals surface area contributed by atoms with E-state index in [1.807, 2.05) is 24.3 Å². The molecule has 0 unspecified atom stereocenters. The zero-order chi connectivity index (χ0) is 15.1. The molecule has 0 spiro atoms. The largest absolute Gasteiger partial charge is 0.497 e. The number of nitrogens with one attached hydrogen (secondary N) is 1. The molecule has 0 aliphatic heterocycles. The number of aromatic amines is 1. The standard InChI is InChI=1S/C15H10N4O2S/c1-21-9-4-2-3-8(7-9)13-18-10-11-15(17-6-5-16-11)22-12(10)14(20)19-13/h2-7H,1H3,(H,18,19,20). The molecular formula is C15H10N4O2S. The molecule has 0 radical (unpaired) electrons. The molecule has 22 heavy (non-hydrogen) atoms. The van der Waals surface area contributed by atoms with Crippen LogP contribution in [0.15, 0.2) is 41.5 Å². The lowest BCUT2D eigenvalue weighted by Gasteiger charge is -2.04. The molecule has 3 heterocycles. The van der Waals surface area contributed by atoms with Gasteiger partial charge in [0.15, 0.2) is 0 Å². The lowest BCUT2D eigenvalue weighted by molar-refractivity contribution is 0.415. The maximum absolute atomic E-state index is 12.3. The molecule has 0 amide bonds. The first-order valence-electron chi connectivity index (χ1n) is 6.54. The van der Waals surface area contributed by atoms with Crippen LogP contribution in [0.2, 0.25) is 0 Å². The summed E-state index contributed by atoms with van der Waals surface area (Å²) in [7, 11) is 1.60. The smallest absolute Gasteiger partial charge is 0.269 e. The molecule has 0 saturated heterocycles. The van der Waals surface area contributed by atoms with Crippen molar-refractivity contribution in [1.82, 2.24) is 19.9 Å². The molecule has 4 aromatic rings. The number of benzene rings is 1. The van der Waals surface area contributed by atoms with Gasteiger partial charge >= 0.3 is 0 Å². The minimum absolute atomic E-state index is 0.187. The zero-order valence-corrected chi connectivity index (χ0v) is 12.3. The van der Waals surface area contributed by atoms with E-state index in [1.165, 1.54) is 11.3 Å². The highest BCUT2D eigenvalue weighted by Crippen LogP contribution is 2.28. The fourth-order valence-electron chi connectivity index (χ4n) is 2.28. The number of methoxy groups -OCH3 is 1. The van der Waals surface area contributed by atoms with Gasteiger partial charge in [-0.1, -0.05) is 12.1 Å². The van der Waals surface area contributed by atoms with Crippen LogP contribution < -0.4 is 10.3 Å². The Kier molecular flexibility index (Phi) is 2.87. The predicted molar refractivity (Wildman–Crippen MR) is 85.3 cm³/mol. The summed E-state index contributed by atoms with van der Waals surface area (Å²) >= 11 is 1.30. The van der Waals surface area contributed by atoms with Gasteiger partial charge in [-0.3, -0.25) is 4.79 Å². The van der Waals surface area contributed by atoms with E-state index in [9.17, 15) is 4.79 Å². The van der Waals surface area contributed by atoms with E-state index in [0.29, 0.717) is 32.1 Å². The van der Waals surface area contributed by atoms with Gasteiger partial charge in [-0.25, -0.2) is 15.0 Å². The number of aromatic nitrogens is 4. The Labute approximate surface area is 128 Å². The number of hydrogen-bond donors (Lipinski definition) is 1. The van der Waals surface area contributed by atoms with Crippen molar-refractivity contribution < 1.29 is 4.74 Å². The van der Waals surface area contributed by atoms with Crippen molar-refractivity contribution in [3.8, 4) is 17.1 Å². The van der Waals surface area contributed by atoms with Gasteiger partial charge in [0.2, 0.25) is 0 Å². The summed E-state index contributed by atoms with van der Waals surface area (Å²) < 4.78 is 5.74. The van der Waals surface area contributed by atoms with E-state index in [2.05, 4.69) is 19.9 Å². The first kappa shape index (κ1) is 12.9. The molecule has 7 heteroatoms. The van der Waals surface area contributed by atoms with Gasteiger partial charge in [-0.15, -0.1) is 11.3 Å². The van der Waals surface area contributed by atoms with Gasteiger partial charge in [-0.2, -0.15) is 0 Å². The molecule has 0 aliphatic rings. The van der Waals surface area contributed by atoms with Gasteiger partial charge in [0.05, 0.1) is 7.11 Å². The molecule has 3 aromatic heterocycles. The monoisotopic (exact) mass is 310 g/mol. The van der Waals surface area contributed by atoms with E-state index in [-0.39, 0.29) is 5.56 Å². The lowest BCUT2D eigenvalue weighted by atomic mass is 10.2. The third-order valence-corrected chi connectivity index (χ3v) is 4.38. The Bertz CT molecular complexity index is 1050. The van der Waals surface area contributed by atoms with Crippen LogP contribution in [0.25, 0.3) is 32.0 Å². The molecule has 4 rings (SSSR count). The highest BCUT2D eigenvalue weighted by atomic mass is 32.1. The predicted octanol–water partition coefficient (Wildman–Crippen LogP) is 2.60. The normalized spacial score (nSPS) is 11.1. The molecule has 0 atom stereocenters. The summed E-state index contributed by atoms with van der Waals surface area (Å²) in [5, 5.41) is 0. The van der Waals surface area contributed by atoms with E-state index >= 15 is 0 Å². The van der Waals surface area contributed by atoms with Crippen molar-refractivity contribution in [3.63, 3.8) is 0 Å². The highest BCUT2D eigenvalue weighted by molar-refractivity contribution is 7.25. The SMILES string of the molecule is COc1cccc(-c2nc3c(sc4nccnc43)c(=O)[nH]2)c1. The number of hydrogen-bond acceptors (Lipinski definition) is 6. The van der Waals surface area contributed by atoms with E-state index in [4.69, 9.17) is 4.74 Å². The van der Waals surface area contributed by atoms with Gasteiger partial charge < -0.3 is 9.72 Å². The lowest BCUT2D eigenvalue weighted by Crippen LogP contribution is -2.07. The third-order valence-electron chi connectivity index (χ3n) is 3.31. The second-order valence-electron chi connectivity index (χ2n) is 4.64. The van der Waals surface area contributed by atoms with Crippen LogP contribution in [-0.2, 0) is 0 Å². The van der Waals surface area contributed by atoms with Gasteiger partial charge in [0, 0.05) is 18.0 Å². The molecule has 6 nitrogen and oxygen atoms in total. The zero-order valence-electron chi connectivity index (χ0n) is 11.5. The fourth-order valence-corrected chi connectivity index (χ4v) is 3.22. The molecule has 108 valence electrons. The van der Waals surface area contributed by atoms with Crippen LogP contribution in [0.4, 0.5) is 0 Å². The van der Waals surface area contributed by atoms with Crippen molar-refractivity contribution in [1.29, 1.82) is 0 Å². The second kappa shape index (κ2) is 4.88. The van der Waals surface area contributed by atoms with Crippen molar-refractivity contribution in [3.05, 3.63) is 47.0 Å². The average molecular weight is 310 g/mol. The molecule has 0 bridgehead atoms. The number of nitrogens with zero attached hydrogens (tertiary/aromatic N) is 3. The minimum Gasteiger partial charge on any atom is -0.497 e. The Morgan fingerprint density at radius 3 is 2.91 bits per heavy atom. The summed E-state index contributed by atoms with van der Waals surface area (Å²) in [6, 6.07) is 7.38. The van der Waals surface area contributed by atoms with Crippen molar-refractivity contribution in [2.24, 2.45) is 0 Å². The Morgan fingerprint density at radius 2 is 2.05 bits per heavy atom. The first-order valence-corrected chi connectivity index (χ1v) is 7.36. The molecule has 1 aromatic carbocycles. The van der Waals surface area contributed by atoms with E-state index in [0.717, 1.165) is 5.56 Å². The Balaban J connectivity index is 2.03. The van der Waals surface area contributed by atoms with Crippen LogP contribution in [-0.4, -0.2) is 27.0 Å². The van der Waals surface area contributed by atoms with Crippen LogP contribution in [0.1, 0.15) is 0 Å². The minimum atomic E-state index is -0.187. The van der Waals surface area contributed by atoms with Crippen LogP contribution in [0.3, 0.4) is 0 Å². The quantitative estimate of drug-likeness (QED) is 0.615. The van der Waals surface area contributed by atoms with Crippen molar-refractivity contribution in [2.75, 3.05) is 7.11 Å². The number of H-pyrrole nitrogens is 1. The first-order chi connectivity index (χ1) is 10.8. The maximum Gasteiger partial charge on any atom is 0.269 e. The summed E-state index contributed by atoms with van der Waals surface area (Å²) in [4.78, 5) is 28.9. The molecule has 0 fully saturated rings. The Morgan fingerprint density at radius 1 is 1.18 bits per heavy atom. The summed E-state index contributed by atoms with van der Waals surface area (Å²) in [5.41, 5.74) is 1.82. The van der Waals surface area contributed by atoms with Gasteiger partial charge in [0.1, 0.15) is 32.1 Å². The molecule has 0 aliphatic carbocycles. The van der Waals surface area contributed by atoms with Crippen LogP contribution in [0, 0.1) is 0 Å². The van der Waals surface area contributed by atoms with Crippen molar-refractivity contribution in [2.45, 2.75) is 0 Å². The van der Waals surface area contributed by atoms with Gasteiger partial charge in [0.25, 0.3) is 5.56 Å². The number of ether oxygens (including phenoxy) is 1. The topological polar surface area (TPSA) is 80.8 Å².